The van der Waals surface area contributed by atoms with E-state index < -0.39 is 0 Å². The second kappa shape index (κ2) is 7.66. The lowest BCUT2D eigenvalue weighted by molar-refractivity contribution is 0.504. The Hall–Kier alpha value is -1.27. The molecule has 1 N–H and O–H groups in total. The molecule has 0 bridgehead atoms. The van der Waals surface area contributed by atoms with E-state index >= 15 is 0 Å². The zero-order chi connectivity index (χ0) is 15.2. The van der Waals surface area contributed by atoms with Crippen molar-refractivity contribution in [3.63, 3.8) is 0 Å². The number of nitrogens with zero attached hydrogens (tertiary/aromatic N) is 4. The maximum atomic E-state index is 4.66. The van der Waals surface area contributed by atoms with Crippen LogP contribution in [0.2, 0.25) is 0 Å². The summed E-state index contributed by atoms with van der Waals surface area (Å²) in [6.07, 6.45) is 5.17. The first kappa shape index (κ1) is 16.1. The highest BCUT2D eigenvalue weighted by Crippen LogP contribution is 2.26. The maximum absolute atomic E-state index is 4.66. The molecule has 0 spiro atoms. The lowest BCUT2D eigenvalue weighted by atomic mass is 10.1. The molecule has 0 saturated heterocycles. The fraction of sp³-hybridized carbons (Fsp3) is 0.533. The molecule has 0 aliphatic rings. The molecular weight excluding hydrogens is 330 g/mol. The molecule has 21 heavy (non-hydrogen) atoms. The third-order valence-electron chi connectivity index (χ3n) is 3.50. The summed E-state index contributed by atoms with van der Waals surface area (Å²) < 4.78 is 3.21. The third kappa shape index (κ3) is 3.68. The summed E-state index contributed by atoms with van der Waals surface area (Å²) in [5.74, 6) is 0. The van der Waals surface area contributed by atoms with Crippen molar-refractivity contribution in [1.29, 1.82) is 0 Å². The Bertz CT molecular complexity index is 567. The van der Waals surface area contributed by atoms with Crippen molar-refractivity contribution < 1.29 is 0 Å². The van der Waals surface area contributed by atoms with Crippen LogP contribution in [0.4, 0.5) is 0 Å². The van der Waals surface area contributed by atoms with E-state index in [2.05, 4.69) is 61.8 Å². The molecule has 5 nitrogen and oxygen atoms in total. The highest BCUT2D eigenvalue weighted by Gasteiger charge is 2.20. The Morgan fingerprint density at radius 2 is 2.14 bits per heavy atom. The van der Waals surface area contributed by atoms with E-state index in [9.17, 15) is 0 Å². The summed E-state index contributed by atoms with van der Waals surface area (Å²) in [7, 11) is 0. The van der Waals surface area contributed by atoms with Crippen LogP contribution in [0.15, 0.2) is 23.1 Å². The molecule has 0 aliphatic carbocycles. The summed E-state index contributed by atoms with van der Waals surface area (Å²) in [5.41, 5.74) is 3.35. The summed E-state index contributed by atoms with van der Waals surface area (Å²) in [6, 6.07) is 2.13. The summed E-state index contributed by atoms with van der Waals surface area (Å²) >= 11 is 3.71. The minimum atomic E-state index is 0.168. The normalized spacial score (nSPS) is 12.6. The van der Waals surface area contributed by atoms with Crippen LogP contribution in [-0.4, -0.2) is 26.3 Å². The van der Waals surface area contributed by atoms with Gasteiger partial charge in [0.05, 0.1) is 27.6 Å². The van der Waals surface area contributed by atoms with Gasteiger partial charge in [0, 0.05) is 19.2 Å². The molecule has 114 valence electrons. The van der Waals surface area contributed by atoms with Gasteiger partial charge in [-0.25, -0.2) is 9.97 Å². The van der Waals surface area contributed by atoms with Gasteiger partial charge in [-0.15, -0.1) is 0 Å². The number of halogens is 1. The van der Waals surface area contributed by atoms with Gasteiger partial charge < -0.3 is 5.32 Å². The molecule has 0 saturated carbocycles. The van der Waals surface area contributed by atoms with Crippen molar-refractivity contribution in [3.8, 4) is 0 Å². The van der Waals surface area contributed by atoms with Crippen molar-refractivity contribution in [2.24, 2.45) is 0 Å². The van der Waals surface area contributed by atoms with Gasteiger partial charge in [-0.1, -0.05) is 13.8 Å². The van der Waals surface area contributed by atoms with E-state index in [1.807, 2.05) is 6.07 Å². The average molecular weight is 352 g/mol. The Morgan fingerprint density at radius 3 is 2.71 bits per heavy atom. The van der Waals surface area contributed by atoms with E-state index in [1.165, 1.54) is 5.69 Å². The minimum Gasteiger partial charge on any atom is -0.309 e. The van der Waals surface area contributed by atoms with Gasteiger partial charge in [0.15, 0.2) is 0 Å². The first-order chi connectivity index (χ1) is 10.2. The van der Waals surface area contributed by atoms with E-state index in [4.69, 9.17) is 0 Å². The topological polar surface area (TPSA) is 55.6 Å². The smallest absolute Gasteiger partial charge is 0.115 e. The van der Waals surface area contributed by atoms with Crippen LogP contribution >= 0.6 is 15.9 Å². The molecule has 2 heterocycles. The lowest BCUT2D eigenvalue weighted by Crippen LogP contribution is -2.25. The number of rotatable bonds is 7. The second-order valence-corrected chi connectivity index (χ2v) is 5.62. The van der Waals surface area contributed by atoms with Crippen LogP contribution in [0.1, 0.15) is 43.9 Å². The zero-order valence-electron chi connectivity index (χ0n) is 12.8. The summed E-state index contributed by atoms with van der Waals surface area (Å²) in [6.45, 7) is 8.12. The second-order valence-electron chi connectivity index (χ2n) is 4.83. The van der Waals surface area contributed by atoms with Gasteiger partial charge in [0.25, 0.3) is 0 Å². The van der Waals surface area contributed by atoms with Gasteiger partial charge in [0.1, 0.15) is 6.33 Å². The Balaban J connectivity index is 2.31. The van der Waals surface area contributed by atoms with Crippen LogP contribution in [0.25, 0.3) is 0 Å². The number of aryl methyl sites for hydroxylation is 2. The predicted octanol–water partition coefficient (Wildman–Crippen LogP) is 2.91. The fourth-order valence-corrected chi connectivity index (χ4v) is 3.17. The maximum Gasteiger partial charge on any atom is 0.115 e. The van der Waals surface area contributed by atoms with Crippen LogP contribution in [-0.2, 0) is 19.4 Å². The van der Waals surface area contributed by atoms with Crippen LogP contribution in [0.3, 0.4) is 0 Å². The summed E-state index contributed by atoms with van der Waals surface area (Å²) in [5, 5.41) is 8.16. The molecule has 1 atom stereocenters. The first-order valence-electron chi connectivity index (χ1n) is 7.44. The van der Waals surface area contributed by atoms with E-state index in [0.717, 1.165) is 41.8 Å². The number of aromatic nitrogens is 4. The number of nitrogens with one attached hydrogen (secondary N) is 1. The third-order valence-corrected chi connectivity index (χ3v) is 4.42. The van der Waals surface area contributed by atoms with Gasteiger partial charge in [-0.3, -0.25) is 4.68 Å². The molecule has 2 rings (SSSR count). The molecule has 0 aromatic carbocycles. The number of hydrogen-bond donors (Lipinski definition) is 1. The van der Waals surface area contributed by atoms with Crippen molar-refractivity contribution in [2.75, 3.05) is 6.54 Å². The first-order valence-corrected chi connectivity index (χ1v) is 8.23. The molecule has 2 aromatic heterocycles. The monoisotopic (exact) mass is 351 g/mol. The van der Waals surface area contributed by atoms with Crippen molar-refractivity contribution in [2.45, 2.75) is 46.2 Å². The summed E-state index contributed by atoms with van der Waals surface area (Å²) in [4.78, 5) is 8.39. The highest BCUT2D eigenvalue weighted by atomic mass is 79.9. The minimum absolute atomic E-state index is 0.168. The largest absolute Gasteiger partial charge is 0.309 e. The van der Waals surface area contributed by atoms with Crippen LogP contribution in [0.5, 0.6) is 0 Å². The zero-order valence-corrected chi connectivity index (χ0v) is 14.4. The number of likely N-dealkylation sites (N-methyl/N-ethyl adjacent to an activating group) is 1. The SMILES string of the molecule is CCNC(Cc1c(Br)c(CC)nn1CC)c1ccncn1. The van der Waals surface area contributed by atoms with Gasteiger partial charge in [-0.05, 0) is 41.9 Å². The Labute approximate surface area is 134 Å². The van der Waals surface area contributed by atoms with Crippen LogP contribution in [0, 0.1) is 0 Å². The van der Waals surface area contributed by atoms with Gasteiger partial charge in [-0.2, -0.15) is 5.10 Å². The van der Waals surface area contributed by atoms with Gasteiger partial charge >= 0.3 is 0 Å². The molecule has 0 fully saturated rings. The van der Waals surface area contributed by atoms with E-state index in [-0.39, 0.29) is 6.04 Å². The average Bonchev–Trinajstić information content (AvgIpc) is 2.83. The van der Waals surface area contributed by atoms with Gasteiger partial charge in [0.2, 0.25) is 0 Å². The van der Waals surface area contributed by atoms with Crippen molar-refractivity contribution in [1.82, 2.24) is 25.1 Å². The fourth-order valence-electron chi connectivity index (χ4n) is 2.44. The Kier molecular flexibility index (Phi) is 5.87. The molecule has 6 heteroatoms. The number of hydrogen-bond acceptors (Lipinski definition) is 4. The molecule has 1 unspecified atom stereocenters. The predicted molar refractivity (Wildman–Crippen MR) is 87.1 cm³/mol. The van der Waals surface area contributed by atoms with E-state index in [1.54, 1.807) is 12.5 Å². The standard InChI is InChI=1S/C15H22BrN5/c1-4-11-15(16)14(21(6-3)20-11)9-13(18-5-2)12-7-8-17-10-19-12/h7-8,10,13,18H,4-6,9H2,1-3H3. The highest BCUT2D eigenvalue weighted by molar-refractivity contribution is 9.10. The van der Waals surface area contributed by atoms with Crippen molar-refractivity contribution >= 4 is 15.9 Å². The molecule has 2 aromatic rings. The lowest BCUT2D eigenvalue weighted by Gasteiger charge is -2.18. The van der Waals surface area contributed by atoms with E-state index in [0.29, 0.717) is 0 Å². The molecule has 0 radical (unpaired) electrons. The van der Waals surface area contributed by atoms with Crippen LogP contribution < -0.4 is 5.32 Å². The quantitative estimate of drug-likeness (QED) is 0.833. The molecule has 0 amide bonds. The molecular formula is C15H22BrN5. The Morgan fingerprint density at radius 1 is 1.33 bits per heavy atom. The molecule has 0 aliphatic heterocycles. The van der Waals surface area contributed by atoms with Crippen molar-refractivity contribution in [3.05, 3.63) is 40.1 Å².